The van der Waals surface area contributed by atoms with Gasteiger partial charge in [-0.05, 0) is 13.3 Å². The van der Waals surface area contributed by atoms with E-state index in [1.54, 1.807) is 6.26 Å². The predicted octanol–water partition coefficient (Wildman–Crippen LogP) is 1.96. The Morgan fingerprint density at radius 3 is 2.63 bits per heavy atom. The highest BCUT2D eigenvalue weighted by Gasteiger charge is 2.21. The number of nitrogens with one attached hydrogen (secondary N) is 1. The lowest BCUT2D eigenvalue weighted by atomic mass is 9.89. The summed E-state index contributed by atoms with van der Waals surface area (Å²) in [5, 5.41) is 8.05. The van der Waals surface area contributed by atoms with Gasteiger partial charge in [-0.1, -0.05) is 20.8 Å². The van der Waals surface area contributed by atoms with Gasteiger partial charge in [0.15, 0.2) is 0 Å². The van der Waals surface area contributed by atoms with Crippen molar-refractivity contribution in [3.8, 4) is 0 Å². The molecule has 2 atom stereocenters. The minimum atomic E-state index is -0.705. The van der Waals surface area contributed by atoms with E-state index in [-0.39, 0.29) is 5.41 Å². The van der Waals surface area contributed by atoms with E-state index < -0.39 is 10.8 Å². The molecule has 0 radical (unpaired) electrons. The monoisotopic (exact) mass is 285 g/mol. The number of nitrogens with zero attached hydrogens (tertiary/aromatic N) is 2. The Kier molecular flexibility index (Phi) is 5.74. The lowest BCUT2D eigenvalue weighted by molar-refractivity contribution is 0.515. The summed E-state index contributed by atoms with van der Waals surface area (Å²) in [6, 6.07) is 0.372. The standard InChI is InChI=1S/C14H27N3OS/c1-11(7-8-19(6)18)15-9-12-10-17(5)16-13(12)14(2,3)4/h10-11,15H,7-9H2,1-6H3. The third kappa shape index (κ3) is 5.45. The Bertz CT molecular complexity index is 434. The number of rotatable bonds is 6. The van der Waals surface area contributed by atoms with Crippen molar-refractivity contribution in [2.75, 3.05) is 12.0 Å². The fourth-order valence-corrected chi connectivity index (χ4v) is 2.71. The highest BCUT2D eigenvalue weighted by Crippen LogP contribution is 2.24. The van der Waals surface area contributed by atoms with Crippen LogP contribution in [0.3, 0.4) is 0 Å². The van der Waals surface area contributed by atoms with Crippen LogP contribution < -0.4 is 5.32 Å². The molecule has 0 saturated carbocycles. The van der Waals surface area contributed by atoms with Crippen LogP contribution in [0.4, 0.5) is 0 Å². The zero-order valence-electron chi connectivity index (χ0n) is 13.0. The van der Waals surface area contributed by atoms with Crippen LogP contribution in [0.2, 0.25) is 0 Å². The largest absolute Gasteiger partial charge is 0.310 e. The van der Waals surface area contributed by atoms with Crippen LogP contribution in [-0.4, -0.2) is 32.0 Å². The molecule has 5 heteroatoms. The van der Waals surface area contributed by atoms with Crippen LogP contribution in [0, 0.1) is 0 Å². The number of aromatic nitrogens is 2. The molecule has 0 aliphatic heterocycles. The lowest BCUT2D eigenvalue weighted by Crippen LogP contribution is -2.28. The van der Waals surface area contributed by atoms with E-state index in [1.165, 1.54) is 5.56 Å². The molecule has 1 N–H and O–H groups in total. The smallest absolute Gasteiger partial charge is 0.0722 e. The zero-order valence-corrected chi connectivity index (χ0v) is 13.8. The van der Waals surface area contributed by atoms with E-state index in [9.17, 15) is 4.21 Å². The topological polar surface area (TPSA) is 46.9 Å². The Hall–Kier alpha value is -0.680. The van der Waals surface area contributed by atoms with Gasteiger partial charge < -0.3 is 5.32 Å². The van der Waals surface area contributed by atoms with Crippen molar-refractivity contribution in [2.45, 2.75) is 52.1 Å². The first-order valence-corrected chi connectivity index (χ1v) is 8.49. The van der Waals surface area contributed by atoms with Crippen LogP contribution in [0.1, 0.15) is 45.4 Å². The average Bonchev–Trinajstić information content (AvgIpc) is 2.65. The molecule has 1 rings (SSSR count). The summed E-state index contributed by atoms with van der Waals surface area (Å²) < 4.78 is 13.0. The van der Waals surface area contributed by atoms with E-state index in [0.29, 0.717) is 6.04 Å². The average molecular weight is 285 g/mol. The molecule has 1 aromatic rings. The quantitative estimate of drug-likeness (QED) is 0.869. The summed E-state index contributed by atoms with van der Waals surface area (Å²) in [4.78, 5) is 0. The van der Waals surface area contributed by atoms with Crippen LogP contribution in [0.5, 0.6) is 0 Å². The summed E-state index contributed by atoms with van der Waals surface area (Å²) in [6.45, 7) is 9.51. The van der Waals surface area contributed by atoms with Gasteiger partial charge in [-0.3, -0.25) is 8.89 Å². The van der Waals surface area contributed by atoms with Gasteiger partial charge in [0.2, 0.25) is 0 Å². The first-order chi connectivity index (χ1) is 8.70. The third-order valence-corrected chi connectivity index (χ3v) is 3.90. The summed E-state index contributed by atoms with van der Waals surface area (Å²) in [5.41, 5.74) is 2.46. The van der Waals surface area contributed by atoms with Crippen LogP contribution >= 0.6 is 0 Å². The summed E-state index contributed by atoms with van der Waals surface area (Å²) >= 11 is 0. The molecule has 110 valence electrons. The van der Waals surface area contributed by atoms with Gasteiger partial charge in [-0.2, -0.15) is 5.10 Å². The second-order valence-corrected chi connectivity index (χ2v) is 7.83. The van der Waals surface area contributed by atoms with Gasteiger partial charge >= 0.3 is 0 Å². The Labute approximate surface area is 119 Å². The van der Waals surface area contributed by atoms with Crippen molar-refractivity contribution in [3.05, 3.63) is 17.5 Å². The third-order valence-electron chi connectivity index (χ3n) is 3.09. The predicted molar refractivity (Wildman–Crippen MR) is 81.8 cm³/mol. The molecule has 0 saturated heterocycles. The van der Waals surface area contributed by atoms with E-state index in [2.05, 4.69) is 44.3 Å². The fourth-order valence-electron chi connectivity index (χ4n) is 2.03. The maximum atomic E-state index is 11.1. The summed E-state index contributed by atoms with van der Waals surface area (Å²) in [7, 11) is 1.26. The molecule has 0 bridgehead atoms. The Morgan fingerprint density at radius 1 is 1.47 bits per heavy atom. The number of hydrogen-bond acceptors (Lipinski definition) is 3. The van der Waals surface area contributed by atoms with Crippen molar-refractivity contribution in [2.24, 2.45) is 7.05 Å². The first kappa shape index (κ1) is 16.4. The molecule has 0 aromatic carbocycles. The van der Waals surface area contributed by atoms with Crippen molar-refractivity contribution in [1.82, 2.24) is 15.1 Å². The molecule has 0 aliphatic rings. The highest BCUT2D eigenvalue weighted by molar-refractivity contribution is 7.84. The van der Waals surface area contributed by atoms with Crippen molar-refractivity contribution in [3.63, 3.8) is 0 Å². The lowest BCUT2D eigenvalue weighted by Gasteiger charge is -2.19. The van der Waals surface area contributed by atoms with Crippen molar-refractivity contribution in [1.29, 1.82) is 0 Å². The molecule has 19 heavy (non-hydrogen) atoms. The Morgan fingerprint density at radius 2 is 2.11 bits per heavy atom. The van der Waals surface area contributed by atoms with Gasteiger partial charge in [0.25, 0.3) is 0 Å². The minimum absolute atomic E-state index is 0.0619. The molecular weight excluding hydrogens is 258 g/mol. The fraction of sp³-hybridized carbons (Fsp3) is 0.786. The summed E-state index contributed by atoms with van der Waals surface area (Å²) in [6.07, 6.45) is 4.78. The molecule has 0 fully saturated rings. The van der Waals surface area contributed by atoms with Crippen LogP contribution in [0.25, 0.3) is 0 Å². The molecular formula is C14H27N3OS. The molecule has 0 amide bonds. The maximum absolute atomic E-state index is 11.1. The van der Waals surface area contributed by atoms with Crippen molar-refractivity contribution < 1.29 is 4.21 Å². The molecule has 1 heterocycles. The number of aryl methyl sites for hydroxylation is 1. The van der Waals surface area contributed by atoms with Crippen LogP contribution in [0.15, 0.2) is 6.20 Å². The minimum Gasteiger partial charge on any atom is -0.310 e. The maximum Gasteiger partial charge on any atom is 0.0722 e. The van der Waals surface area contributed by atoms with Crippen molar-refractivity contribution >= 4 is 10.8 Å². The van der Waals surface area contributed by atoms with E-state index in [0.717, 1.165) is 24.4 Å². The highest BCUT2D eigenvalue weighted by atomic mass is 32.2. The number of hydrogen-bond donors (Lipinski definition) is 1. The second kappa shape index (κ2) is 6.66. The van der Waals surface area contributed by atoms with Gasteiger partial charge in [-0.15, -0.1) is 0 Å². The Balaban J connectivity index is 2.60. The van der Waals surface area contributed by atoms with Gasteiger partial charge in [0.1, 0.15) is 0 Å². The van der Waals surface area contributed by atoms with Gasteiger partial charge in [0.05, 0.1) is 5.69 Å². The molecule has 0 spiro atoms. The van der Waals surface area contributed by atoms with Gasteiger partial charge in [0, 0.05) is 59.6 Å². The normalized spacial score (nSPS) is 15.5. The molecule has 1 aromatic heterocycles. The second-order valence-electron chi connectivity index (χ2n) is 6.27. The molecule has 4 nitrogen and oxygen atoms in total. The van der Waals surface area contributed by atoms with E-state index in [1.807, 2.05) is 11.7 Å². The zero-order chi connectivity index (χ0) is 14.6. The van der Waals surface area contributed by atoms with E-state index >= 15 is 0 Å². The van der Waals surface area contributed by atoms with Crippen LogP contribution in [-0.2, 0) is 29.8 Å². The first-order valence-electron chi connectivity index (χ1n) is 6.76. The van der Waals surface area contributed by atoms with E-state index in [4.69, 9.17) is 0 Å². The summed E-state index contributed by atoms with van der Waals surface area (Å²) in [5.74, 6) is 0.757. The van der Waals surface area contributed by atoms with Gasteiger partial charge in [-0.25, -0.2) is 0 Å². The SMILES string of the molecule is CC(CCS(C)=O)NCc1cn(C)nc1C(C)(C)C. The molecule has 0 aliphatic carbocycles. The molecule has 2 unspecified atom stereocenters.